The largest absolute Gasteiger partial charge is 0.311 e. The lowest BCUT2D eigenvalue weighted by atomic mass is 9.33. The number of rotatable bonds is 14. The summed E-state index contributed by atoms with van der Waals surface area (Å²) >= 11 is 7.56. The fourth-order valence-corrected chi connectivity index (χ4v) is 14.0. The van der Waals surface area contributed by atoms with Gasteiger partial charge in [-0.3, -0.25) is 0 Å². The van der Waals surface area contributed by atoms with Gasteiger partial charge in [0, 0.05) is 91.0 Å². The molecule has 14 aromatic carbocycles. The monoisotopic (exact) mass is 1270 g/mol. The number of aryl methyl sites for hydroxylation is 4. The Balaban J connectivity index is 0.000000165. The second-order valence-electron chi connectivity index (χ2n) is 24.6. The third-order valence-corrected chi connectivity index (χ3v) is 18.5. The van der Waals surface area contributed by atoms with Crippen LogP contribution in [-0.4, -0.2) is 6.71 Å². The van der Waals surface area contributed by atoms with Gasteiger partial charge in [-0.05, 0) is 214 Å². The van der Waals surface area contributed by atoms with Gasteiger partial charge in [-0.1, -0.05) is 223 Å². The third-order valence-electron chi connectivity index (χ3n) is 18.1. The lowest BCUT2D eigenvalue weighted by molar-refractivity contribution is 1.23. The highest BCUT2D eigenvalue weighted by Gasteiger charge is 2.43. The Morgan fingerprint density at radius 3 is 1.05 bits per heavy atom. The van der Waals surface area contributed by atoms with Crippen LogP contribution in [0.4, 0.5) is 102 Å². The molecule has 2 heterocycles. The summed E-state index contributed by atoms with van der Waals surface area (Å²) in [5.74, 6) is 0. The highest BCUT2D eigenvalue weighted by atomic mass is 35.5. The van der Waals surface area contributed by atoms with Gasteiger partial charge in [0.2, 0.25) is 0 Å². The Labute approximate surface area is 577 Å². The van der Waals surface area contributed by atoms with Crippen LogP contribution in [0.3, 0.4) is 0 Å². The summed E-state index contributed by atoms with van der Waals surface area (Å²) in [5.41, 5.74) is 28.5. The van der Waals surface area contributed by atoms with Crippen molar-refractivity contribution in [1.29, 1.82) is 0 Å². The summed E-state index contributed by atoms with van der Waals surface area (Å²) in [5, 5.41) is 0.649. The van der Waals surface area contributed by atoms with E-state index in [9.17, 15) is 0 Å². The predicted octanol–water partition coefficient (Wildman–Crippen LogP) is 23.9. The molecule has 0 aliphatic carbocycles. The highest BCUT2D eigenvalue weighted by molar-refractivity contribution is 7.00. The minimum Gasteiger partial charge on any atom is -0.311 e. The predicted molar refractivity (Wildman–Crippen MR) is 416 cm³/mol. The SMILES string of the molecule is C.Cc1ccc(N(c2ccc(C)cc2)c2cccc(N(c3ccccc3)c3cccc(N(c4ccccc4)c4ccccc4)c3)c2Cl)cc1.Cc1ccc(N2c3ccc(C)cc3B3c4ccc(N(c5ccccc5)c5ccccc5)cc4N(c4ccccc4)c4cccc2c43)cc1. The van der Waals surface area contributed by atoms with Gasteiger partial charge in [0.05, 0.1) is 16.4 Å². The maximum absolute atomic E-state index is 7.56. The highest BCUT2D eigenvalue weighted by Crippen LogP contribution is 2.50. The maximum Gasteiger partial charge on any atom is 0.252 e. The number of hydrogen-bond acceptors (Lipinski definition) is 6. The van der Waals surface area contributed by atoms with E-state index in [2.05, 4.69) is 391 Å². The number of halogens is 1. The van der Waals surface area contributed by atoms with Gasteiger partial charge < -0.3 is 29.4 Å². The summed E-state index contributed by atoms with van der Waals surface area (Å²) in [6, 6.07) is 125. The molecule has 6 nitrogen and oxygen atoms in total. The second-order valence-corrected chi connectivity index (χ2v) is 25.0. The van der Waals surface area contributed by atoms with Crippen molar-refractivity contribution in [1.82, 2.24) is 0 Å². The zero-order valence-electron chi connectivity index (χ0n) is 54.1. The molecule has 0 radical (unpaired) electrons. The molecule has 0 fully saturated rings. The van der Waals surface area contributed by atoms with Crippen molar-refractivity contribution >= 4 is 137 Å². The lowest BCUT2D eigenvalue weighted by Crippen LogP contribution is -2.61. The first kappa shape index (κ1) is 62.7. The molecule has 0 atom stereocenters. The van der Waals surface area contributed by atoms with E-state index in [-0.39, 0.29) is 14.1 Å². The normalized spacial score (nSPS) is 11.6. The number of nitrogens with zero attached hydrogens (tertiary/aromatic N) is 6. The lowest BCUT2D eigenvalue weighted by Gasteiger charge is -2.44. The topological polar surface area (TPSA) is 19.4 Å². The van der Waals surface area contributed by atoms with Gasteiger partial charge in [-0.2, -0.15) is 0 Å². The van der Waals surface area contributed by atoms with E-state index in [1.54, 1.807) is 0 Å². The minimum atomic E-state index is 0. The first-order valence-corrected chi connectivity index (χ1v) is 33.2. The molecule has 2 aliphatic heterocycles. The van der Waals surface area contributed by atoms with E-state index in [0.717, 1.165) is 73.9 Å². The maximum atomic E-state index is 7.56. The zero-order valence-corrected chi connectivity index (χ0v) is 54.9. The molecule has 0 aromatic heterocycles. The molecule has 0 bridgehead atoms. The van der Waals surface area contributed by atoms with Crippen molar-refractivity contribution < 1.29 is 0 Å². The standard InChI is InChI=1S/C44H34BN3.C44H36ClN3.CH4/c1-31-21-24-36(25-22-31)47-40-28-23-32(2)29-39(40)45-38-27-26-37(46(33-13-6-3-7-14-33)34-15-8-4-9-16-34)30-43(38)48(35-17-10-5-11-18-35)42-20-12-19-41(47)44(42)45;1-33-24-28-38(29-25-33)47(39-30-26-34(2)27-31-39)42-22-13-23-43(44(42)45)48(37-18-10-5-11-19-37)41-21-12-20-40(32-41)46(35-14-6-3-7-15-35)36-16-8-4-9-17-36;/h3-30H,1-2H3;3-32H,1-2H3;1H4. The molecular formula is C89H74BClN6. The smallest absolute Gasteiger partial charge is 0.252 e. The van der Waals surface area contributed by atoms with Crippen molar-refractivity contribution in [2.24, 2.45) is 0 Å². The van der Waals surface area contributed by atoms with E-state index in [4.69, 9.17) is 11.6 Å². The molecular weight excluding hydrogens is 1200 g/mol. The molecule has 0 unspecified atom stereocenters. The Hall–Kier alpha value is -11.8. The summed E-state index contributed by atoms with van der Waals surface area (Å²) in [6.45, 7) is 8.65. The Morgan fingerprint density at radius 1 is 0.247 bits per heavy atom. The van der Waals surface area contributed by atoms with E-state index in [0.29, 0.717) is 5.02 Å². The van der Waals surface area contributed by atoms with E-state index in [1.807, 2.05) is 18.2 Å². The molecule has 97 heavy (non-hydrogen) atoms. The van der Waals surface area contributed by atoms with Crippen molar-refractivity contribution in [3.05, 3.63) is 379 Å². The van der Waals surface area contributed by atoms with Crippen molar-refractivity contribution in [2.75, 3.05) is 29.4 Å². The Kier molecular flexibility index (Phi) is 17.9. The molecule has 16 rings (SSSR count). The van der Waals surface area contributed by atoms with Crippen LogP contribution in [0.2, 0.25) is 5.02 Å². The summed E-state index contributed by atoms with van der Waals surface area (Å²) in [7, 11) is 0. The van der Waals surface area contributed by atoms with Crippen LogP contribution in [0.5, 0.6) is 0 Å². The van der Waals surface area contributed by atoms with Crippen LogP contribution < -0.4 is 45.8 Å². The molecule has 470 valence electrons. The van der Waals surface area contributed by atoms with Crippen LogP contribution in [0.25, 0.3) is 0 Å². The van der Waals surface area contributed by atoms with Gasteiger partial charge in [0.1, 0.15) is 0 Å². The molecule has 0 saturated carbocycles. The van der Waals surface area contributed by atoms with Crippen LogP contribution in [0.15, 0.2) is 352 Å². The zero-order chi connectivity index (χ0) is 65.1. The fraction of sp³-hybridized carbons (Fsp3) is 0.0562. The first-order chi connectivity index (χ1) is 47.2. The summed E-state index contributed by atoms with van der Waals surface area (Å²) in [6.07, 6.45) is 0. The Morgan fingerprint density at radius 2 is 0.577 bits per heavy atom. The number of hydrogen-bond donors (Lipinski definition) is 0. The van der Waals surface area contributed by atoms with Gasteiger partial charge in [0.15, 0.2) is 0 Å². The molecule has 0 N–H and O–H groups in total. The number of para-hydroxylation sites is 6. The summed E-state index contributed by atoms with van der Waals surface area (Å²) < 4.78 is 0. The van der Waals surface area contributed by atoms with Gasteiger partial charge in [0.25, 0.3) is 6.71 Å². The van der Waals surface area contributed by atoms with Gasteiger partial charge >= 0.3 is 0 Å². The van der Waals surface area contributed by atoms with E-state index in [1.165, 1.54) is 67.1 Å². The summed E-state index contributed by atoms with van der Waals surface area (Å²) in [4.78, 5) is 14.0. The number of anilines is 18. The molecule has 2 aliphatic rings. The molecule has 0 spiro atoms. The van der Waals surface area contributed by atoms with Crippen molar-refractivity contribution in [3.63, 3.8) is 0 Å². The van der Waals surface area contributed by atoms with Crippen LogP contribution >= 0.6 is 11.6 Å². The number of fused-ring (bicyclic) bond motifs is 4. The third kappa shape index (κ3) is 12.4. The quantitative estimate of drug-likeness (QED) is 0.100. The van der Waals surface area contributed by atoms with Crippen molar-refractivity contribution in [2.45, 2.75) is 35.1 Å². The molecule has 0 amide bonds. The average molecular weight is 1270 g/mol. The molecule has 8 heteroatoms. The minimum absolute atomic E-state index is 0. The molecule has 0 saturated heterocycles. The van der Waals surface area contributed by atoms with Crippen LogP contribution in [0, 0.1) is 27.7 Å². The van der Waals surface area contributed by atoms with Gasteiger partial charge in [-0.15, -0.1) is 0 Å². The first-order valence-electron chi connectivity index (χ1n) is 32.8. The van der Waals surface area contributed by atoms with Crippen LogP contribution in [-0.2, 0) is 0 Å². The van der Waals surface area contributed by atoms with Crippen molar-refractivity contribution in [3.8, 4) is 0 Å². The van der Waals surface area contributed by atoms with Gasteiger partial charge in [-0.25, -0.2) is 0 Å². The van der Waals surface area contributed by atoms with Crippen LogP contribution in [0.1, 0.15) is 29.7 Å². The molecule has 14 aromatic rings. The van der Waals surface area contributed by atoms with E-state index < -0.39 is 0 Å². The second kappa shape index (κ2) is 27.7. The Bertz CT molecular complexity index is 4880. The number of benzene rings is 14. The average Bonchev–Trinajstić information content (AvgIpc) is 0.701. The fourth-order valence-electron chi connectivity index (χ4n) is 13.7. The van der Waals surface area contributed by atoms with E-state index >= 15 is 0 Å².